The van der Waals surface area contributed by atoms with E-state index in [9.17, 15) is 4.79 Å². The van der Waals surface area contributed by atoms with Crippen LogP contribution in [-0.4, -0.2) is 16.4 Å². The van der Waals surface area contributed by atoms with Gasteiger partial charge in [0.2, 0.25) is 0 Å². The fourth-order valence-corrected chi connectivity index (χ4v) is 4.48. The molecule has 0 spiro atoms. The van der Waals surface area contributed by atoms with Crippen LogP contribution in [0.15, 0.2) is 91.0 Å². The molecule has 0 fully saturated rings. The summed E-state index contributed by atoms with van der Waals surface area (Å²) >= 11 is 2.71. The number of hydrogen-bond acceptors (Lipinski definition) is 1. The highest BCUT2D eigenvalue weighted by Crippen LogP contribution is 2.32. The molecule has 0 bridgehead atoms. The maximum absolute atomic E-state index is 9.32. The first-order chi connectivity index (χ1) is 11.7. The monoisotopic (exact) mass is 400 g/mol. The maximum atomic E-state index is 9.32. The van der Waals surface area contributed by atoms with Crippen LogP contribution in [0.4, 0.5) is 0 Å². The van der Waals surface area contributed by atoms with Crippen molar-refractivity contribution in [1.29, 1.82) is 0 Å². The molecule has 0 heterocycles. The third-order valence-electron chi connectivity index (χ3n) is 3.16. The summed E-state index contributed by atoms with van der Waals surface area (Å²) < 4.78 is 0. The van der Waals surface area contributed by atoms with Gasteiger partial charge in [0.25, 0.3) is 0 Å². The van der Waals surface area contributed by atoms with E-state index in [2.05, 4.69) is 107 Å². The zero-order valence-corrected chi connectivity index (χ0v) is 15.5. The topological polar surface area (TPSA) is 37.3 Å². The SMILES string of the molecule is O=C(O)CBr.c1ccc(P(c2ccccc2)c2ccccc2)cc1. The molecule has 0 atom stereocenters. The Morgan fingerprint density at radius 1 is 0.708 bits per heavy atom. The number of carbonyl (C=O) groups is 1. The minimum Gasteiger partial charge on any atom is -0.481 e. The number of aliphatic carboxylic acids is 1. The van der Waals surface area contributed by atoms with Gasteiger partial charge in [0, 0.05) is 0 Å². The molecule has 3 aromatic rings. The van der Waals surface area contributed by atoms with E-state index >= 15 is 0 Å². The molecule has 0 saturated carbocycles. The van der Waals surface area contributed by atoms with Crippen LogP contribution in [0.3, 0.4) is 0 Å². The van der Waals surface area contributed by atoms with Gasteiger partial charge in [-0.15, -0.1) is 0 Å². The third-order valence-corrected chi connectivity index (χ3v) is 6.08. The summed E-state index contributed by atoms with van der Waals surface area (Å²) in [5.41, 5.74) is 0. The van der Waals surface area contributed by atoms with E-state index in [4.69, 9.17) is 5.11 Å². The van der Waals surface area contributed by atoms with E-state index in [1.807, 2.05) is 0 Å². The summed E-state index contributed by atoms with van der Waals surface area (Å²) in [5.74, 6) is -0.829. The normalized spacial score (nSPS) is 9.92. The van der Waals surface area contributed by atoms with Crippen molar-refractivity contribution in [3.8, 4) is 0 Å². The average molecular weight is 401 g/mol. The molecule has 0 aromatic heterocycles. The Hall–Kier alpha value is -1.96. The predicted octanol–water partition coefficient (Wildman–Crippen LogP) is 3.91. The second kappa shape index (κ2) is 10.0. The molecule has 0 aliphatic heterocycles. The molecule has 0 radical (unpaired) electrons. The number of carboxylic acids is 1. The van der Waals surface area contributed by atoms with Gasteiger partial charge in [-0.25, -0.2) is 0 Å². The summed E-state index contributed by atoms with van der Waals surface area (Å²) in [6.45, 7) is 0. The second-order valence-corrected chi connectivity index (χ2v) is 7.65. The van der Waals surface area contributed by atoms with E-state index in [1.165, 1.54) is 15.9 Å². The number of halogens is 1. The molecular formula is C20H18BrO2P. The van der Waals surface area contributed by atoms with E-state index in [1.54, 1.807) is 0 Å². The van der Waals surface area contributed by atoms with Gasteiger partial charge in [-0.05, 0) is 23.8 Å². The summed E-state index contributed by atoms with van der Waals surface area (Å²) in [7, 11) is -0.446. The lowest BCUT2D eigenvalue weighted by Crippen LogP contribution is -2.20. The van der Waals surface area contributed by atoms with Gasteiger partial charge in [0.1, 0.15) is 5.33 Å². The standard InChI is InChI=1S/C18H15P.C2H3BrO2/c1-4-10-16(11-5-1)19(17-12-6-2-7-13-17)18-14-8-3-9-15-18;3-1-2(4)5/h1-15H;1H2,(H,4,5). The first kappa shape index (κ1) is 18.4. The quantitative estimate of drug-likeness (QED) is 0.532. The average Bonchev–Trinajstić information content (AvgIpc) is 2.65. The van der Waals surface area contributed by atoms with Gasteiger partial charge in [-0.2, -0.15) is 0 Å². The van der Waals surface area contributed by atoms with Crippen molar-refractivity contribution in [3.05, 3.63) is 91.0 Å². The van der Waals surface area contributed by atoms with Crippen LogP contribution < -0.4 is 15.9 Å². The Labute approximate surface area is 152 Å². The maximum Gasteiger partial charge on any atom is 0.314 e. The predicted molar refractivity (Wildman–Crippen MR) is 107 cm³/mol. The minimum absolute atomic E-state index is 0.0347. The van der Waals surface area contributed by atoms with Gasteiger partial charge in [-0.1, -0.05) is 107 Å². The Kier molecular flexibility index (Phi) is 7.67. The largest absolute Gasteiger partial charge is 0.481 e. The number of hydrogen-bond donors (Lipinski definition) is 1. The van der Waals surface area contributed by atoms with Crippen molar-refractivity contribution < 1.29 is 9.90 Å². The minimum atomic E-state index is -0.829. The number of rotatable bonds is 4. The molecule has 2 nitrogen and oxygen atoms in total. The molecule has 24 heavy (non-hydrogen) atoms. The number of alkyl halides is 1. The number of carboxylic acid groups (broad SMARTS) is 1. The van der Waals surface area contributed by atoms with Gasteiger partial charge < -0.3 is 5.11 Å². The summed E-state index contributed by atoms with van der Waals surface area (Å²) in [6.07, 6.45) is 0. The van der Waals surface area contributed by atoms with Gasteiger partial charge in [0.15, 0.2) is 0 Å². The highest BCUT2D eigenvalue weighted by Gasteiger charge is 2.14. The third kappa shape index (κ3) is 5.59. The van der Waals surface area contributed by atoms with Gasteiger partial charge in [-0.3, -0.25) is 4.79 Å². The lowest BCUT2D eigenvalue weighted by atomic mass is 10.4. The smallest absolute Gasteiger partial charge is 0.314 e. The van der Waals surface area contributed by atoms with Gasteiger partial charge in [0.05, 0.1) is 0 Å². The van der Waals surface area contributed by atoms with E-state index in [-0.39, 0.29) is 5.33 Å². The molecule has 3 aromatic carbocycles. The van der Waals surface area contributed by atoms with Crippen LogP contribution in [0.2, 0.25) is 0 Å². The molecule has 0 amide bonds. The Bertz CT molecular complexity index is 639. The van der Waals surface area contributed by atoms with Crippen LogP contribution in [0, 0.1) is 0 Å². The summed E-state index contributed by atoms with van der Waals surface area (Å²) in [6, 6.07) is 32.3. The molecule has 0 unspecified atom stereocenters. The fraction of sp³-hybridized carbons (Fsp3) is 0.0500. The highest BCUT2D eigenvalue weighted by molar-refractivity contribution is 9.09. The van der Waals surface area contributed by atoms with Crippen LogP contribution in [0.5, 0.6) is 0 Å². The molecule has 122 valence electrons. The Morgan fingerprint density at radius 2 is 0.958 bits per heavy atom. The van der Waals surface area contributed by atoms with Crippen molar-refractivity contribution in [3.63, 3.8) is 0 Å². The molecule has 0 aliphatic carbocycles. The van der Waals surface area contributed by atoms with Crippen LogP contribution in [-0.2, 0) is 4.79 Å². The summed E-state index contributed by atoms with van der Waals surface area (Å²) in [5, 5.41) is 11.9. The van der Waals surface area contributed by atoms with Crippen molar-refractivity contribution in [2.75, 3.05) is 5.33 Å². The molecule has 4 heteroatoms. The van der Waals surface area contributed by atoms with Crippen molar-refractivity contribution in [1.82, 2.24) is 0 Å². The van der Waals surface area contributed by atoms with Crippen LogP contribution in [0.1, 0.15) is 0 Å². The van der Waals surface area contributed by atoms with E-state index in [0.29, 0.717) is 0 Å². The Balaban J connectivity index is 0.000000368. The number of benzene rings is 3. The van der Waals surface area contributed by atoms with Crippen LogP contribution in [0.25, 0.3) is 0 Å². The lowest BCUT2D eigenvalue weighted by molar-refractivity contribution is -0.133. The van der Waals surface area contributed by atoms with Gasteiger partial charge >= 0.3 is 5.97 Å². The zero-order chi connectivity index (χ0) is 17.2. The second-order valence-electron chi connectivity index (χ2n) is 4.87. The van der Waals surface area contributed by atoms with E-state index < -0.39 is 13.9 Å². The molecular weight excluding hydrogens is 383 g/mol. The first-order valence-corrected chi connectivity index (χ1v) is 9.91. The van der Waals surface area contributed by atoms with E-state index in [0.717, 1.165) is 0 Å². The van der Waals surface area contributed by atoms with Crippen molar-refractivity contribution in [2.45, 2.75) is 0 Å². The highest BCUT2D eigenvalue weighted by atomic mass is 79.9. The fourth-order valence-electron chi connectivity index (χ4n) is 2.18. The molecule has 1 N–H and O–H groups in total. The molecule has 3 rings (SSSR count). The van der Waals surface area contributed by atoms with Crippen molar-refractivity contribution >= 4 is 45.7 Å². The van der Waals surface area contributed by atoms with Crippen LogP contribution >= 0.6 is 23.9 Å². The molecule has 0 aliphatic rings. The Morgan fingerprint density at radius 3 is 1.17 bits per heavy atom. The van der Waals surface area contributed by atoms with Crippen molar-refractivity contribution in [2.24, 2.45) is 0 Å². The molecule has 0 saturated heterocycles. The first-order valence-electron chi connectivity index (χ1n) is 7.45. The zero-order valence-electron chi connectivity index (χ0n) is 13.0. The lowest BCUT2D eigenvalue weighted by Gasteiger charge is -2.18. The summed E-state index contributed by atoms with van der Waals surface area (Å²) in [4.78, 5) is 9.32.